The van der Waals surface area contributed by atoms with Gasteiger partial charge in [-0.05, 0) is 31.9 Å². The molecule has 4 heterocycles. The summed E-state index contributed by atoms with van der Waals surface area (Å²) in [5.41, 5.74) is 1.49. The van der Waals surface area contributed by atoms with Crippen molar-refractivity contribution in [1.82, 2.24) is 15.2 Å². The van der Waals surface area contributed by atoms with Crippen LogP contribution in [-0.2, 0) is 0 Å². The Hall–Kier alpha value is -1.66. The average molecular weight is 303 g/mol. The second-order valence-electron chi connectivity index (χ2n) is 5.64. The summed E-state index contributed by atoms with van der Waals surface area (Å²) >= 11 is 1.49. The smallest absolute Gasteiger partial charge is 0.273 e. The van der Waals surface area contributed by atoms with E-state index < -0.39 is 0 Å². The van der Waals surface area contributed by atoms with Crippen molar-refractivity contribution >= 4 is 17.2 Å². The van der Waals surface area contributed by atoms with Gasteiger partial charge in [-0.2, -0.15) is 0 Å². The fourth-order valence-corrected chi connectivity index (χ4v) is 4.12. The molecule has 0 saturated carbocycles. The number of aromatic nitrogens is 1. The number of carbonyl (C=O) groups is 1. The van der Waals surface area contributed by atoms with Gasteiger partial charge in [0, 0.05) is 29.6 Å². The number of nitrogens with zero attached hydrogens (tertiary/aromatic N) is 2. The standard InChI is InChI=1S/C15H17N3O2S/c19-15(18-11-1-2-12(18)7-16-5-3-11)13-9-21-14(17-13)10-4-6-20-8-10/h4,6,8-9,11-12,16H,1-3,5,7H2. The van der Waals surface area contributed by atoms with Crippen LogP contribution in [0.5, 0.6) is 0 Å². The summed E-state index contributed by atoms with van der Waals surface area (Å²) in [7, 11) is 0. The minimum absolute atomic E-state index is 0.0807. The number of fused-ring (bicyclic) bond motifs is 2. The first kappa shape index (κ1) is 13.0. The molecule has 0 aliphatic carbocycles. The lowest BCUT2D eigenvalue weighted by atomic mass is 10.1. The minimum atomic E-state index is 0.0807. The van der Waals surface area contributed by atoms with Crippen molar-refractivity contribution in [2.75, 3.05) is 13.1 Å². The SMILES string of the molecule is O=C(c1csc(-c2ccoc2)n1)N1C2CCNCC1CC2. The van der Waals surface area contributed by atoms with E-state index in [-0.39, 0.29) is 5.91 Å². The number of hydrogen-bond acceptors (Lipinski definition) is 5. The van der Waals surface area contributed by atoms with E-state index in [1.54, 1.807) is 12.5 Å². The van der Waals surface area contributed by atoms with Gasteiger partial charge in [0.15, 0.2) is 0 Å². The summed E-state index contributed by atoms with van der Waals surface area (Å²) in [4.78, 5) is 19.4. The highest BCUT2D eigenvalue weighted by Gasteiger charge is 2.39. The van der Waals surface area contributed by atoms with Gasteiger partial charge in [0.1, 0.15) is 17.0 Å². The molecular weight excluding hydrogens is 286 g/mol. The molecule has 110 valence electrons. The van der Waals surface area contributed by atoms with Crippen molar-refractivity contribution in [3.63, 3.8) is 0 Å². The van der Waals surface area contributed by atoms with E-state index >= 15 is 0 Å². The molecule has 2 atom stereocenters. The summed E-state index contributed by atoms with van der Waals surface area (Å²) < 4.78 is 5.08. The minimum Gasteiger partial charge on any atom is -0.472 e. The number of amides is 1. The number of hydrogen-bond donors (Lipinski definition) is 1. The molecule has 0 radical (unpaired) electrons. The van der Waals surface area contributed by atoms with Crippen LogP contribution in [0.1, 0.15) is 29.8 Å². The van der Waals surface area contributed by atoms with Crippen LogP contribution < -0.4 is 5.32 Å². The zero-order valence-electron chi connectivity index (χ0n) is 11.6. The Balaban J connectivity index is 1.60. The molecule has 0 aromatic carbocycles. The summed E-state index contributed by atoms with van der Waals surface area (Å²) in [5, 5.41) is 6.12. The van der Waals surface area contributed by atoms with Gasteiger partial charge in [0.2, 0.25) is 0 Å². The lowest BCUT2D eigenvalue weighted by molar-refractivity contribution is 0.0675. The van der Waals surface area contributed by atoms with E-state index in [9.17, 15) is 4.79 Å². The van der Waals surface area contributed by atoms with Gasteiger partial charge < -0.3 is 14.6 Å². The Labute approximate surface area is 127 Å². The zero-order valence-corrected chi connectivity index (χ0v) is 12.4. The molecule has 2 aliphatic rings. The third-order valence-corrected chi connectivity index (χ3v) is 5.27. The van der Waals surface area contributed by atoms with Gasteiger partial charge in [-0.25, -0.2) is 4.98 Å². The van der Waals surface area contributed by atoms with E-state index in [0.717, 1.165) is 42.9 Å². The second-order valence-corrected chi connectivity index (χ2v) is 6.50. The Morgan fingerprint density at radius 1 is 1.38 bits per heavy atom. The highest BCUT2D eigenvalue weighted by Crippen LogP contribution is 2.31. The Morgan fingerprint density at radius 3 is 3.14 bits per heavy atom. The summed E-state index contributed by atoms with van der Waals surface area (Å²) in [6.07, 6.45) is 6.55. The van der Waals surface area contributed by atoms with Crippen molar-refractivity contribution in [2.45, 2.75) is 31.3 Å². The van der Waals surface area contributed by atoms with Crippen molar-refractivity contribution < 1.29 is 9.21 Å². The van der Waals surface area contributed by atoms with Gasteiger partial charge in [-0.15, -0.1) is 11.3 Å². The van der Waals surface area contributed by atoms with Crippen LogP contribution in [0, 0.1) is 0 Å². The molecule has 5 nitrogen and oxygen atoms in total. The second kappa shape index (κ2) is 5.27. The predicted molar refractivity (Wildman–Crippen MR) is 80.3 cm³/mol. The molecule has 21 heavy (non-hydrogen) atoms. The quantitative estimate of drug-likeness (QED) is 0.925. The van der Waals surface area contributed by atoms with Crippen molar-refractivity contribution in [2.24, 2.45) is 0 Å². The van der Waals surface area contributed by atoms with Crippen LogP contribution in [0.2, 0.25) is 0 Å². The van der Waals surface area contributed by atoms with Gasteiger partial charge >= 0.3 is 0 Å². The molecule has 2 bridgehead atoms. The van der Waals surface area contributed by atoms with Gasteiger partial charge in [-0.3, -0.25) is 4.79 Å². The molecule has 6 heteroatoms. The van der Waals surface area contributed by atoms with E-state index in [1.807, 2.05) is 11.4 Å². The van der Waals surface area contributed by atoms with Crippen LogP contribution in [0.25, 0.3) is 10.6 Å². The first-order chi connectivity index (χ1) is 10.3. The Bertz CT molecular complexity index is 623. The molecule has 2 fully saturated rings. The monoisotopic (exact) mass is 303 g/mol. The number of nitrogens with one attached hydrogen (secondary N) is 1. The molecule has 4 rings (SSSR count). The molecule has 2 aromatic rings. The Kier molecular flexibility index (Phi) is 3.27. The molecular formula is C15H17N3O2S. The third-order valence-electron chi connectivity index (χ3n) is 4.38. The van der Waals surface area contributed by atoms with Crippen molar-refractivity contribution in [3.05, 3.63) is 29.7 Å². The van der Waals surface area contributed by atoms with Crippen LogP contribution >= 0.6 is 11.3 Å². The van der Waals surface area contributed by atoms with Crippen LogP contribution in [0.4, 0.5) is 0 Å². The molecule has 0 spiro atoms. The number of furan rings is 1. The van der Waals surface area contributed by atoms with Crippen LogP contribution in [0.3, 0.4) is 0 Å². The molecule has 1 amide bonds. The van der Waals surface area contributed by atoms with Crippen molar-refractivity contribution in [3.8, 4) is 10.6 Å². The normalized spacial score (nSPS) is 25.0. The maximum atomic E-state index is 12.8. The molecule has 2 aromatic heterocycles. The van der Waals surface area contributed by atoms with E-state index in [2.05, 4.69) is 15.2 Å². The lowest BCUT2D eigenvalue weighted by Gasteiger charge is -2.27. The molecule has 2 saturated heterocycles. The lowest BCUT2D eigenvalue weighted by Crippen LogP contribution is -2.42. The fraction of sp³-hybridized carbons (Fsp3) is 0.467. The first-order valence-electron chi connectivity index (χ1n) is 7.34. The maximum Gasteiger partial charge on any atom is 0.273 e. The molecule has 1 N–H and O–H groups in total. The predicted octanol–water partition coefficient (Wildman–Crippen LogP) is 2.37. The van der Waals surface area contributed by atoms with Crippen molar-refractivity contribution in [1.29, 1.82) is 0 Å². The first-order valence-corrected chi connectivity index (χ1v) is 8.22. The zero-order chi connectivity index (χ0) is 14.2. The Morgan fingerprint density at radius 2 is 2.29 bits per heavy atom. The third kappa shape index (κ3) is 2.28. The summed E-state index contributed by atoms with van der Waals surface area (Å²) in [5.74, 6) is 0.0807. The largest absolute Gasteiger partial charge is 0.472 e. The molecule has 2 unspecified atom stereocenters. The van der Waals surface area contributed by atoms with Gasteiger partial charge in [0.25, 0.3) is 5.91 Å². The van der Waals surface area contributed by atoms with Gasteiger partial charge in [-0.1, -0.05) is 0 Å². The molecule has 2 aliphatic heterocycles. The maximum absolute atomic E-state index is 12.8. The number of thiazole rings is 1. The van der Waals surface area contributed by atoms with E-state index in [4.69, 9.17) is 4.42 Å². The summed E-state index contributed by atoms with van der Waals surface area (Å²) in [6, 6.07) is 2.56. The highest BCUT2D eigenvalue weighted by molar-refractivity contribution is 7.13. The summed E-state index contributed by atoms with van der Waals surface area (Å²) in [6.45, 7) is 1.91. The van der Waals surface area contributed by atoms with Gasteiger partial charge in [0.05, 0.1) is 6.26 Å². The fourth-order valence-electron chi connectivity index (χ4n) is 3.34. The number of rotatable bonds is 2. The topological polar surface area (TPSA) is 58.4 Å². The van der Waals surface area contributed by atoms with Crippen LogP contribution in [-0.4, -0.2) is 41.0 Å². The van der Waals surface area contributed by atoms with E-state index in [1.165, 1.54) is 11.3 Å². The van der Waals surface area contributed by atoms with Crippen LogP contribution in [0.15, 0.2) is 28.4 Å². The highest BCUT2D eigenvalue weighted by atomic mass is 32.1. The average Bonchev–Trinajstić information content (AvgIpc) is 3.15. The van der Waals surface area contributed by atoms with E-state index in [0.29, 0.717) is 17.8 Å². The number of carbonyl (C=O) groups excluding carboxylic acids is 1.